The number of ether oxygens (including phenoxy) is 1. The van der Waals surface area contributed by atoms with E-state index in [1.165, 1.54) is 44.1 Å². The Labute approximate surface area is 111 Å². The Morgan fingerprint density at radius 2 is 1.83 bits per heavy atom. The van der Waals surface area contributed by atoms with Crippen molar-refractivity contribution < 1.29 is 4.74 Å². The Morgan fingerprint density at radius 3 is 2.39 bits per heavy atom. The molecule has 18 heavy (non-hydrogen) atoms. The van der Waals surface area contributed by atoms with E-state index in [4.69, 9.17) is 4.74 Å². The molecule has 0 saturated heterocycles. The Morgan fingerprint density at radius 1 is 1.17 bits per heavy atom. The zero-order valence-corrected chi connectivity index (χ0v) is 11.6. The summed E-state index contributed by atoms with van der Waals surface area (Å²) < 4.78 is 5.21. The first kappa shape index (κ1) is 13.4. The summed E-state index contributed by atoms with van der Waals surface area (Å²) in [5.74, 6) is 1.84. The van der Waals surface area contributed by atoms with Crippen LogP contribution in [0, 0.1) is 5.92 Å². The normalized spacial score (nSPS) is 18.6. The van der Waals surface area contributed by atoms with Crippen LogP contribution in [0.4, 0.5) is 0 Å². The molecule has 0 unspecified atom stereocenters. The van der Waals surface area contributed by atoms with Crippen LogP contribution in [0.5, 0.6) is 5.75 Å². The lowest BCUT2D eigenvalue weighted by Gasteiger charge is -2.26. The van der Waals surface area contributed by atoms with E-state index in [2.05, 4.69) is 36.6 Å². The van der Waals surface area contributed by atoms with Crippen molar-refractivity contribution in [3.05, 3.63) is 29.8 Å². The van der Waals surface area contributed by atoms with Gasteiger partial charge in [0, 0.05) is 6.04 Å². The van der Waals surface area contributed by atoms with E-state index in [0.717, 1.165) is 11.7 Å². The van der Waals surface area contributed by atoms with Gasteiger partial charge in [-0.05, 0) is 37.1 Å². The fourth-order valence-electron chi connectivity index (χ4n) is 3.01. The summed E-state index contributed by atoms with van der Waals surface area (Å²) in [6.45, 7) is 0. The van der Waals surface area contributed by atoms with Crippen molar-refractivity contribution in [2.75, 3.05) is 14.2 Å². The molecule has 1 fully saturated rings. The number of nitrogens with one attached hydrogen (secondary N) is 1. The highest BCUT2D eigenvalue weighted by Crippen LogP contribution is 2.32. The third kappa shape index (κ3) is 3.49. The van der Waals surface area contributed by atoms with Gasteiger partial charge < -0.3 is 10.1 Å². The highest BCUT2D eigenvalue weighted by atomic mass is 16.5. The van der Waals surface area contributed by atoms with Crippen molar-refractivity contribution in [2.45, 2.75) is 44.6 Å². The topological polar surface area (TPSA) is 21.3 Å². The molecule has 0 aliphatic heterocycles. The predicted octanol–water partition coefficient (Wildman–Crippen LogP) is 3.93. The van der Waals surface area contributed by atoms with Crippen LogP contribution in [0.3, 0.4) is 0 Å². The molecule has 1 N–H and O–H groups in total. The van der Waals surface area contributed by atoms with Gasteiger partial charge in [0.1, 0.15) is 5.75 Å². The van der Waals surface area contributed by atoms with Crippen LogP contribution in [-0.2, 0) is 0 Å². The van der Waals surface area contributed by atoms with E-state index < -0.39 is 0 Å². The zero-order chi connectivity index (χ0) is 12.8. The van der Waals surface area contributed by atoms with Gasteiger partial charge in [0.15, 0.2) is 0 Å². The number of hydrogen-bond acceptors (Lipinski definition) is 2. The molecule has 100 valence electrons. The minimum atomic E-state index is 0.485. The second kappa shape index (κ2) is 6.79. The average molecular weight is 247 g/mol. The van der Waals surface area contributed by atoms with Crippen molar-refractivity contribution in [2.24, 2.45) is 5.92 Å². The Hall–Kier alpha value is -1.02. The van der Waals surface area contributed by atoms with Gasteiger partial charge in [0.05, 0.1) is 7.11 Å². The molecule has 0 spiro atoms. The van der Waals surface area contributed by atoms with E-state index >= 15 is 0 Å². The van der Waals surface area contributed by atoms with Crippen molar-refractivity contribution >= 4 is 0 Å². The molecule has 0 radical (unpaired) electrons. The lowest BCUT2D eigenvalue weighted by Crippen LogP contribution is -2.21. The SMILES string of the molecule is CN[C@H](CC1CCCCC1)c1ccc(OC)cc1. The number of benzene rings is 1. The molecular weight excluding hydrogens is 222 g/mol. The lowest BCUT2D eigenvalue weighted by atomic mass is 9.83. The number of methoxy groups -OCH3 is 1. The summed E-state index contributed by atoms with van der Waals surface area (Å²) in [6.07, 6.45) is 8.36. The smallest absolute Gasteiger partial charge is 0.118 e. The van der Waals surface area contributed by atoms with Gasteiger partial charge in [0.2, 0.25) is 0 Å². The van der Waals surface area contributed by atoms with Crippen LogP contribution >= 0.6 is 0 Å². The maximum Gasteiger partial charge on any atom is 0.118 e. The van der Waals surface area contributed by atoms with Crippen LogP contribution < -0.4 is 10.1 Å². The van der Waals surface area contributed by atoms with E-state index in [1.807, 2.05) is 0 Å². The summed E-state index contributed by atoms with van der Waals surface area (Å²) >= 11 is 0. The highest BCUT2D eigenvalue weighted by Gasteiger charge is 2.19. The number of rotatable bonds is 5. The minimum absolute atomic E-state index is 0.485. The molecule has 1 aromatic carbocycles. The molecule has 2 heteroatoms. The molecule has 2 rings (SSSR count). The third-order valence-electron chi connectivity index (χ3n) is 4.16. The van der Waals surface area contributed by atoms with Gasteiger partial charge in [-0.2, -0.15) is 0 Å². The first-order valence-corrected chi connectivity index (χ1v) is 7.14. The predicted molar refractivity (Wildman–Crippen MR) is 76.0 cm³/mol. The standard InChI is InChI=1S/C16H25NO/c1-17-16(12-13-6-4-3-5-7-13)14-8-10-15(18-2)11-9-14/h8-11,13,16-17H,3-7,12H2,1-2H3/t16-/m1/s1. The fourth-order valence-corrected chi connectivity index (χ4v) is 3.01. The minimum Gasteiger partial charge on any atom is -0.497 e. The van der Waals surface area contributed by atoms with Crippen molar-refractivity contribution in [3.63, 3.8) is 0 Å². The maximum absolute atomic E-state index is 5.21. The van der Waals surface area contributed by atoms with E-state index in [1.54, 1.807) is 7.11 Å². The summed E-state index contributed by atoms with van der Waals surface area (Å²) in [5, 5.41) is 3.46. The van der Waals surface area contributed by atoms with Gasteiger partial charge in [-0.3, -0.25) is 0 Å². The molecule has 0 bridgehead atoms. The molecule has 2 nitrogen and oxygen atoms in total. The van der Waals surface area contributed by atoms with Gasteiger partial charge in [-0.15, -0.1) is 0 Å². The molecule has 1 aliphatic rings. The summed E-state index contributed by atoms with van der Waals surface area (Å²) in [7, 11) is 3.78. The van der Waals surface area contributed by atoms with Crippen LogP contribution in [0.25, 0.3) is 0 Å². The highest BCUT2D eigenvalue weighted by molar-refractivity contribution is 5.29. The molecule has 1 aliphatic carbocycles. The molecule has 0 heterocycles. The maximum atomic E-state index is 5.21. The Balaban J connectivity index is 1.97. The van der Waals surface area contributed by atoms with Gasteiger partial charge >= 0.3 is 0 Å². The van der Waals surface area contributed by atoms with E-state index in [-0.39, 0.29) is 0 Å². The monoisotopic (exact) mass is 247 g/mol. The third-order valence-corrected chi connectivity index (χ3v) is 4.16. The quantitative estimate of drug-likeness (QED) is 0.851. The van der Waals surface area contributed by atoms with Gasteiger partial charge in [-0.1, -0.05) is 44.2 Å². The fraction of sp³-hybridized carbons (Fsp3) is 0.625. The van der Waals surface area contributed by atoms with E-state index in [0.29, 0.717) is 6.04 Å². The molecule has 0 amide bonds. The first-order valence-electron chi connectivity index (χ1n) is 7.14. The molecule has 1 aromatic rings. The van der Waals surface area contributed by atoms with Crippen molar-refractivity contribution in [1.82, 2.24) is 5.32 Å². The Kier molecular flexibility index (Phi) is 5.06. The number of hydrogen-bond donors (Lipinski definition) is 1. The zero-order valence-electron chi connectivity index (χ0n) is 11.6. The van der Waals surface area contributed by atoms with Crippen molar-refractivity contribution in [3.8, 4) is 5.75 Å². The Bertz CT molecular complexity index is 341. The van der Waals surface area contributed by atoms with Crippen LogP contribution in [0.1, 0.15) is 50.1 Å². The average Bonchev–Trinajstić information content (AvgIpc) is 2.46. The molecular formula is C16H25NO. The van der Waals surface area contributed by atoms with E-state index in [9.17, 15) is 0 Å². The van der Waals surface area contributed by atoms with Crippen LogP contribution in [-0.4, -0.2) is 14.2 Å². The summed E-state index contributed by atoms with van der Waals surface area (Å²) in [6, 6.07) is 8.96. The largest absolute Gasteiger partial charge is 0.497 e. The van der Waals surface area contributed by atoms with Crippen molar-refractivity contribution in [1.29, 1.82) is 0 Å². The molecule has 1 saturated carbocycles. The lowest BCUT2D eigenvalue weighted by molar-refractivity contribution is 0.305. The molecule has 1 atom stereocenters. The van der Waals surface area contributed by atoms with Crippen LogP contribution in [0.15, 0.2) is 24.3 Å². The second-order valence-electron chi connectivity index (χ2n) is 5.35. The van der Waals surface area contributed by atoms with Gasteiger partial charge in [-0.25, -0.2) is 0 Å². The summed E-state index contributed by atoms with van der Waals surface area (Å²) in [4.78, 5) is 0. The second-order valence-corrected chi connectivity index (χ2v) is 5.35. The van der Waals surface area contributed by atoms with Crippen LogP contribution in [0.2, 0.25) is 0 Å². The molecule has 0 aromatic heterocycles. The first-order chi connectivity index (χ1) is 8.83. The van der Waals surface area contributed by atoms with Gasteiger partial charge in [0.25, 0.3) is 0 Å². The summed E-state index contributed by atoms with van der Waals surface area (Å²) in [5.41, 5.74) is 1.38.